The van der Waals surface area contributed by atoms with Crippen molar-refractivity contribution in [2.45, 2.75) is 97.2 Å². The van der Waals surface area contributed by atoms with Gasteiger partial charge in [0.25, 0.3) is 0 Å². The maximum atomic E-state index is 11.2. The van der Waals surface area contributed by atoms with E-state index in [-0.39, 0.29) is 29.5 Å². The number of aliphatic hydroxyl groups excluding tert-OH is 2. The molecule has 0 heterocycles. The van der Waals surface area contributed by atoms with Gasteiger partial charge in [0.05, 0.1) is 12.2 Å². The van der Waals surface area contributed by atoms with Gasteiger partial charge in [-0.1, -0.05) is 20.8 Å². The Morgan fingerprint density at radius 1 is 1.04 bits per heavy atom. The SMILES string of the molecule is C[C@H](CCC(=O)[O-])[C@H]1CC[C@H]2[C@@H]3[C@H](O)C[C@@H]4C[C@H](O)CC[C@]4(C)[C@H]3CC[C@]12C. The molecule has 0 aromatic rings. The molecule has 4 aliphatic rings. The summed E-state index contributed by atoms with van der Waals surface area (Å²) in [6, 6.07) is 0. The van der Waals surface area contributed by atoms with Crippen molar-refractivity contribution in [3.8, 4) is 0 Å². The van der Waals surface area contributed by atoms with Gasteiger partial charge < -0.3 is 20.1 Å². The highest BCUT2D eigenvalue weighted by molar-refractivity contribution is 5.64. The Morgan fingerprint density at radius 2 is 1.71 bits per heavy atom. The molecule has 0 saturated heterocycles. The highest BCUT2D eigenvalue weighted by atomic mass is 16.4. The number of hydrogen-bond acceptors (Lipinski definition) is 4. The molecule has 0 aromatic carbocycles. The fourth-order valence-electron chi connectivity index (χ4n) is 8.72. The second kappa shape index (κ2) is 7.27. The van der Waals surface area contributed by atoms with Crippen LogP contribution in [0.5, 0.6) is 0 Å². The van der Waals surface area contributed by atoms with Crippen LogP contribution in [0.2, 0.25) is 0 Å². The van der Waals surface area contributed by atoms with Crippen LogP contribution in [0.1, 0.15) is 85.0 Å². The molecule has 2 N–H and O–H groups in total. The third-order valence-corrected chi connectivity index (χ3v) is 10.2. The molecule has 10 atom stereocenters. The minimum absolute atomic E-state index is 0.162. The van der Waals surface area contributed by atoms with E-state index in [9.17, 15) is 20.1 Å². The Kier molecular flexibility index (Phi) is 5.36. The normalized spacial score (nSPS) is 51.7. The van der Waals surface area contributed by atoms with Gasteiger partial charge >= 0.3 is 0 Å². The zero-order chi connectivity index (χ0) is 20.3. The van der Waals surface area contributed by atoms with Crippen molar-refractivity contribution >= 4 is 5.97 Å². The summed E-state index contributed by atoms with van der Waals surface area (Å²) >= 11 is 0. The van der Waals surface area contributed by atoms with Crippen molar-refractivity contribution in [1.29, 1.82) is 0 Å². The first-order chi connectivity index (χ1) is 13.2. The summed E-state index contributed by atoms with van der Waals surface area (Å²) in [6.45, 7) is 7.11. The quantitative estimate of drug-likeness (QED) is 0.771. The summed E-state index contributed by atoms with van der Waals surface area (Å²) in [5.74, 6) is 1.99. The molecule has 28 heavy (non-hydrogen) atoms. The van der Waals surface area contributed by atoms with Gasteiger partial charge in [0.2, 0.25) is 0 Å². The van der Waals surface area contributed by atoms with Crippen molar-refractivity contribution in [3.63, 3.8) is 0 Å². The van der Waals surface area contributed by atoms with Gasteiger partial charge in [-0.05, 0) is 111 Å². The van der Waals surface area contributed by atoms with E-state index in [0.29, 0.717) is 41.9 Å². The summed E-state index contributed by atoms with van der Waals surface area (Å²) in [5.41, 5.74) is 0.494. The monoisotopic (exact) mass is 391 g/mol. The number of carboxylic acid groups (broad SMARTS) is 1. The maximum absolute atomic E-state index is 11.2. The first-order valence-corrected chi connectivity index (χ1v) is 11.7. The Hall–Kier alpha value is -0.610. The van der Waals surface area contributed by atoms with Crippen molar-refractivity contribution in [2.24, 2.45) is 46.3 Å². The molecule has 4 saturated carbocycles. The fraction of sp³-hybridized carbons (Fsp3) is 0.958. The molecule has 4 rings (SSSR count). The number of aliphatic hydroxyl groups is 2. The molecule has 0 bridgehead atoms. The summed E-state index contributed by atoms with van der Waals surface area (Å²) in [4.78, 5) is 10.9. The van der Waals surface area contributed by atoms with Gasteiger partial charge in [0.1, 0.15) is 0 Å². The molecule has 0 aromatic heterocycles. The topological polar surface area (TPSA) is 80.6 Å². The Labute approximate surface area is 170 Å². The van der Waals surface area contributed by atoms with Gasteiger partial charge in [-0.15, -0.1) is 0 Å². The van der Waals surface area contributed by atoms with Crippen molar-refractivity contribution in [3.05, 3.63) is 0 Å². The number of fused-ring (bicyclic) bond motifs is 5. The number of carbonyl (C=O) groups is 1. The number of carbonyl (C=O) groups excluding carboxylic acids is 1. The predicted molar refractivity (Wildman–Crippen MR) is 106 cm³/mol. The Balaban J connectivity index is 1.55. The predicted octanol–water partition coefficient (Wildman–Crippen LogP) is 3.14. The number of hydrogen-bond donors (Lipinski definition) is 2. The average molecular weight is 392 g/mol. The van der Waals surface area contributed by atoms with E-state index in [0.717, 1.165) is 25.7 Å². The minimum Gasteiger partial charge on any atom is -0.550 e. The van der Waals surface area contributed by atoms with Crippen molar-refractivity contribution in [1.82, 2.24) is 0 Å². The van der Waals surface area contributed by atoms with Gasteiger partial charge in [0.15, 0.2) is 0 Å². The summed E-state index contributed by atoms with van der Waals surface area (Å²) < 4.78 is 0. The van der Waals surface area contributed by atoms with Crippen LogP contribution in [0.3, 0.4) is 0 Å². The average Bonchev–Trinajstić information content (AvgIpc) is 2.98. The lowest BCUT2D eigenvalue weighted by Crippen LogP contribution is -2.58. The van der Waals surface area contributed by atoms with E-state index in [1.807, 2.05) is 0 Å². The zero-order valence-corrected chi connectivity index (χ0v) is 17.9. The molecule has 0 spiro atoms. The minimum atomic E-state index is -0.934. The number of rotatable bonds is 4. The molecular formula is C24H39O4-. The lowest BCUT2D eigenvalue weighted by atomic mass is 9.43. The third kappa shape index (κ3) is 3.14. The lowest BCUT2D eigenvalue weighted by molar-refractivity contribution is -0.306. The van der Waals surface area contributed by atoms with E-state index in [2.05, 4.69) is 20.8 Å². The fourth-order valence-corrected chi connectivity index (χ4v) is 8.72. The Bertz CT molecular complexity index is 605. The second-order valence-corrected chi connectivity index (χ2v) is 11.3. The van der Waals surface area contributed by atoms with Crippen LogP contribution in [0, 0.1) is 46.3 Å². The molecular weight excluding hydrogens is 352 g/mol. The first kappa shape index (κ1) is 20.7. The van der Waals surface area contributed by atoms with Crippen LogP contribution in [0.4, 0.5) is 0 Å². The van der Waals surface area contributed by atoms with Gasteiger partial charge in [-0.2, -0.15) is 0 Å². The molecule has 4 fully saturated rings. The van der Waals surface area contributed by atoms with E-state index in [1.54, 1.807) is 0 Å². The molecule has 0 radical (unpaired) electrons. The lowest BCUT2D eigenvalue weighted by Gasteiger charge is -2.62. The smallest absolute Gasteiger partial charge is 0.0577 e. The summed E-state index contributed by atoms with van der Waals surface area (Å²) in [6.07, 6.45) is 8.91. The van der Waals surface area contributed by atoms with E-state index >= 15 is 0 Å². The largest absolute Gasteiger partial charge is 0.550 e. The zero-order valence-electron chi connectivity index (χ0n) is 17.9. The maximum Gasteiger partial charge on any atom is 0.0577 e. The van der Waals surface area contributed by atoms with Crippen LogP contribution in [0.15, 0.2) is 0 Å². The highest BCUT2D eigenvalue weighted by Crippen LogP contribution is 2.68. The van der Waals surface area contributed by atoms with Crippen molar-refractivity contribution in [2.75, 3.05) is 0 Å². The van der Waals surface area contributed by atoms with Crippen LogP contribution in [-0.4, -0.2) is 28.4 Å². The van der Waals surface area contributed by atoms with Crippen LogP contribution >= 0.6 is 0 Å². The molecule has 160 valence electrons. The van der Waals surface area contributed by atoms with Gasteiger partial charge in [0, 0.05) is 5.97 Å². The van der Waals surface area contributed by atoms with E-state index in [1.165, 1.54) is 25.7 Å². The van der Waals surface area contributed by atoms with Gasteiger partial charge in [-0.25, -0.2) is 0 Å². The molecule has 0 amide bonds. The molecule has 4 heteroatoms. The first-order valence-electron chi connectivity index (χ1n) is 11.7. The molecule has 0 unspecified atom stereocenters. The van der Waals surface area contributed by atoms with Crippen LogP contribution in [-0.2, 0) is 4.79 Å². The third-order valence-electron chi connectivity index (χ3n) is 10.2. The number of aliphatic carboxylic acids is 1. The Morgan fingerprint density at radius 3 is 2.43 bits per heavy atom. The summed E-state index contributed by atoms with van der Waals surface area (Å²) in [7, 11) is 0. The van der Waals surface area contributed by atoms with Crippen LogP contribution < -0.4 is 5.11 Å². The molecule has 4 nitrogen and oxygen atoms in total. The second-order valence-electron chi connectivity index (χ2n) is 11.3. The van der Waals surface area contributed by atoms with Gasteiger partial charge in [-0.3, -0.25) is 0 Å². The molecule has 4 aliphatic carbocycles. The molecule has 0 aliphatic heterocycles. The van der Waals surface area contributed by atoms with Crippen LogP contribution in [0.25, 0.3) is 0 Å². The van der Waals surface area contributed by atoms with Crippen molar-refractivity contribution < 1.29 is 20.1 Å². The highest BCUT2D eigenvalue weighted by Gasteiger charge is 2.62. The summed E-state index contributed by atoms with van der Waals surface area (Å²) in [5, 5.41) is 32.4. The standard InChI is InChI=1S/C24H40O4/c1-14(4-7-21(27)28)17-5-6-18-22-19(9-11-24(17,18)3)23(2)10-8-16(25)12-15(23)13-20(22)26/h14-20,22,25-26H,4-13H2,1-3H3,(H,27,28)/p-1/t14-,15+,16-,17-,18+,19+,20-,22+,23+,24-/m1/s1. The van der Waals surface area contributed by atoms with E-state index < -0.39 is 5.97 Å². The van der Waals surface area contributed by atoms with E-state index in [4.69, 9.17) is 0 Å². The number of carboxylic acids is 1.